The van der Waals surface area contributed by atoms with Gasteiger partial charge in [0, 0.05) is 33.2 Å². The Bertz CT molecular complexity index is 2220. The number of fused-ring (bicyclic) bond motifs is 3. The lowest BCUT2D eigenvalue weighted by molar-refractivity contribution is 0.483. The van der Waals surface area contributed by atoms with E-state index in [-0.39, 0.29) is 0 Å². The zero-order valence-electron chi connectivity index (χ0n) is 24.6. The van der Waals surface area contributed by atoms with Crippen molar-refractivity contribution >= 4 is 21.8 Å². The quantitative estimate of drug-likeness (QED) is 0.196. The Kier molecular flexibility index (Phi) is 6.61. The summed E-state index contributed by atoms with van der Waals surface area (Å²) in [5.41, 5.74) is 7.46. The van der Waals surface area contributed by atoms with Crippen LogP contribution < -0.4 is 4.74 Å². The van der Waals surface area contributed by atoms with Crippen molar-refractivity contribution in [3.63, 3.8) is 0 Å². The summed E-state index contributed by atoms with van der Waals surface area (Å²) in [6.07, 6.45) is 0. The maximum atomic E-state index is 6.38. The van der Waals surface area contributed by atoms with Crippen molar-refractivity contribution in [1.82, 2.24) is 19.5 Å². The molecule has 8 rings (SSSR count). The molecule has 45 heavy (non-hydrogen) atoms. The number of ether oxygens (including phenoxy) is 1. The summed E-state index contributed by atoms with van der Waals surface area (Å²) in [5, 5.41) is 2.33. The molecule has 0 spiro atoms. The number of para-hydroxylation sites is 1. The number of hydrogen-bond donors (Lipinski definition) is 0. The highest BCUT2D eigenvalue weighted by molar-refractivity contribution is 6.09. The topological polar surface area (TPSA) is 52.8 Å². The van der Waals surface area contributed by atoms with Crippen LogP contribution >= 0.6 is 0 Å². The Morgan fingerprint density at radius 1 is 0.444 bits per heavy atom. The van der Waals surface area contributed by atoms with Crippen LogP contribution in [0, 0.1) is 6.92 Å². The number of benzene rings is 6. The second-order valence-corrected chi connectivity index (χ2v) is 11.0. The van der Waals surface area contributed by atoms with E-state index in [0.717, 1.165) is 44.8 Å². The van der Waals surface area contributed by atoms with E-state index in [1.54, 1.807) is 0 Å². The number of aromatic nitrogens is 4. The van der Waals surface area contributed by atoms with Crippen LogP contribution in [0.2, 0.25) is 0 Å². The third-order valence-electron chi connectivity index (χ3n) is 7.98. The van der Waals surface area contributed by atoms with Crippen LogP contribution in [-0.2, 0) is 0 Å². The minimum atomic E-state index is 0.611. The van der Waals surface area contributed by atoms with Crippen molar-refractivity contribution in [2.45, 2.75) is 6.92 Å². The van der Waals surface area contributed by atoms with Crippen LogP contribution in [-0.4, -0.2) is 19.5 Å². The van der Waals surface area contributed by atoms with Crippen molar-refractivity contribution in [2.24, 2.45) is 0 Å². The average molecular weight is 581 g/mol. The summed E-state index contributed by atoms with van der Waals surface area (Å²) in [5.74, 6) is 3.40. The third kappa shape index (κ3) is 5.11. The van der Waals surface area contributed by atoms with Gasteiger partial charge >= 0.3 is 0 Å². The van der Waals surface area contributed by atoms with Gasteiger partial charge in [-0.3, -0.25) is 0 Å². The van der Waals surface area contributed by atoms with Crippen LogP contribution in [0.3, 0.4) is 0 Å². The van der Waals surface area contributed by atoms with Gasteiger partial charge in [-0.15, -0.1) is 0 Å². The van der Waals surface area contributed by atoms with Gasteiger partial charge in [-0.1, -0.05) is 96.6 Å². The molecule has 0 saturated carbocycles. The Morgan fingerprint density at radius 2 is 0.956 bits per heavy atom. The van der Waals surface area contributed by atoms with E-state index in [9.17, 15) is 0 Å². The van der Waals surface area contributed by atoms with Crippen LogP contribution in [0.25, 0.3) is 61.7 Å². The molecule has 0 bridgehead atoms. The standard InChI is InChI=1S/C40H28N4O/c1-27-16-20-31(21-17-27)44-36-15-9-8-14-34(36)35-26-33(24-25-37(35)44)45-32-22-18-30(19-23-32)40-42-38(28-10-4-2-5-11-28)41-39(43-40)29-12-6-3-7-13-29/h2-26H,1H3. The smallest absolute Gasteiger partial charge is 0.164 e. The predicted molar refractivity (Wildman–Crippen MR) is 182 cm³/mol. The third-order valence-corrected chi connectivity index (χ3v) is 7.98. The molecule has 0 amide bonds. The van der Waals surface area contributed by atoms with E-state index in [1.165, 1.54) is 16.5 Å². The number of aryl methyl sites for hydroxylation is 1. The maximum Gasteiger partial charge on any atom is 0.164 e. The van der Waals surface area contributed by atoms with E-state index >= 15 is 0 Å². The molecule has 0 N–H and O–H groups in total. The normalized spacial score (nSPS) is 11.2. The Labute approximate surface area is 261 Å². The highest BCUT2D eigenvalue weighted by Crippen LogP contribution is 2.36. The van der Waals surface area contributed by atoms with Crippen molar-refractivity contribution in [3.05, 3.63) is 157 Å². The first-order chi connectivity index (χ1) is 22.2. The average Bonchev–Trinajstić information content (AvgIpc) is 3.43. The lowest BCUT2D eigenvalue weighted by atomic mass is 10.1. The van der Waals surface area contributed by atoms with E-state index in [1.807, 2.05) is 91.0 Å². The van der Waals surface area contributed by atoms with Crippen molar-refractivity contribution < 1.29 is 4.74 Å². The summed E-state index contributed by atoms with van der Waals surface area (Å²) >= 11 is 0. The van der Waals surface area contributed by atoms with E-state index in [4.69, 9.17) is 19.7 Å². The highest BCUT2D eigenvalue weighted by atomic mass is 16.5. The lowest BCUT2D eigenvalue weighted by Crippen LogP contribution is -2.00. The first kappa shape index (κ1) is 26.5. The fourth-order valence-corrected chi connectivity index (χ4v) is 5.73. The predicted octanol–water partition coefficient (Wildman–Crippen LogP) is 10.1. The van der Waals surface area contributed by atoms with Gasteiger partial charge in [-0.25, -0.2) is 15.0 Å². The molecule has 0 aliphatic heterocycles. The molecule has 5 heteroatoms. The van der Waals surface area contributed by atoms with Gasteiger partial charge in [0.1, 0.15) is 11.5 Å². The monoisotopic (exact) mass is 580 g/mol. The molecular formula is C40H28N4O. The number of hydrogen-bond acceptors (Lipinski definition) is 4. The summed E-state index contributed by atoms with van der Waals surface area (Å²) in [6, 6.07) is 51.4. The van der Waals surface area contributed by atoms with Gasteiger partial charge in [0.15, 0.2) is 17.5 Å². The molecule has 0 radical (unpaired) electrons. The molecule has 2 heterocycles. The number of nitrogens with zero attached hydrogens (tertiary/aromatic N) is 4. The van der Waals surface area contributed by atoms with Gasteiger partial charge in [0.25, 0.3) is 0 Å². The zero-order chi connectivity index (χ0) is 30.2. The molecule has 214 valence electrons. The zero-order valence-corrected chi connectivity index (χ0v) is 24.6. The maximum absolute atomic E-state index is 6.38. The highest BCUT2D eigenvalue weighted by Gasteiger charge is 2.15. The first-order valence-electron chi connectivity index (χ1n) is 15.0. The van der Waals surface area contributed by atoms with E-state index < -0.39 is 0 Å². The number of rotatable bonds is 6. The molecule has 5 nitrogen and oxygen atoms in total. The van der Waals surface area contributed by atoms with Crippen LogP contribution in [0.1, 0.15) is 5.56 Å². The summed E-state index contributed by atoms with van der Waals surface area (Å²) in [4.78, 5) is 14.5. The van der Waals surface area contributed by atoms with Gasteiger partial charge in [-0.05, 0) is 67.6 Å². The molecule has 0 atom stereocenters. The fourth-order valence-electron chi connectivity index (χ4n) is 5.73. The Morgan fingerprint density at radius 3 is 1.58 bits per heavy atom. The summed E-state index contributed by atoms with van der Waals surface area (Å²) in [6.45, 7) is 2.11. The SMILES string of the molecule is Cc1ccc(-n2c3ccccc3c3cc(Oc4ccc(-c5nc(-c6ccccc6)nc(-c6ccccc6)n5)cc4)ccc32)cc1. The van der Waals surface area contributed by atoms with Gasteiger partial charge in [-0.2, -0.15) is 0 Å². The molecule has 0 aliphatic rings. The van der Waals surface area contributed by atoms with E-state index in [2.05, 4.69) is 72.2 Å². The fraction of sp³-hybridized carbons (Fsp3) is 0.0250. The molecule has 0 aliphatic carbocycles. The molecule has 0 unspecified atom stereocenters. The van der Waals surface area contributed by atoms with E-state index in [0.29, 0.717) is 17.5 Å². The molecule has 8 aromatic rings. The van der Waals surface area contributed by atoms with Gasteiger partial charge < -0.3 is 9.30 Å². The minimum absolute atomic E-state index is 0.611. The summed E-state index contributed by atoms with van der Waals surface area (Å²) in [7, 11) is 0. The molecular weight excluding hydrogens is 552 g/mol. The lowest BCUT2D eigenvalue weighted by Gasteiger charge is -2.10. The first-order valence-corrected chi connectivity index (χ1v) is 15.0. The van der Waals surface area contributed by atoms with Gasteiger partial charge in [0.05, 0.1) is 11.0 Å². The Balaban J connectivity index is 1.13. The van der Waals surface area contributed by atoms with Crippen LogP contribution in [0.15, 0.2) is 152 Å². The largest absolute Gasteiger partial charge is 0.457 e. The van der Waals surface area contributed by atoms with Crippen molar-refractivity contribution in [1.29, 1.82) is 0 Å². The second-order valence-electron chi connectivity index (χ2n) is 11.0. The molecule has 6 aromatic carbocycles. The molecule has 0 fully saturated rings. The minimum Gasteiger partial charge on any atom is -0.457 e. The van der Waals surface area contributed by atoms with Crippen LogP contribution in [0.5, 0.6) is 11.5 Å². The van der Waals surface area contributed by atoms with Crippen molar-refractivity contribution in [2.75, 3.05) is 0 Å². The second kappa shape index (κ2) is 11.2. The summed E-state index contributed by atoms with van der Waals surface area (Å²) < 4.78 is 8.69. The van der Waals surface area contributed by atoms with Crippen molar-refractivity contribution in [3.8, 4) is 51.3 Å². The van der Waals surface area contributed by atoms with Gasteiger partial charge in [0.2, 0.25) is 0 Å². The Hall–Kier alpha value is -6.07. The van der Waals surface area contributed by atoms with Crippen LogP contribution in [0.4, 0.5) is 0 Å². The molecule has 2 aromatic heterocycles. The molecule has 0 saturated heterocycles.